The van der Waals surface area contributed by atoms with Gasteiger partial charge in [-0.2, -0.15) is 46.6 Å². The molecule has 0 atom stereocenters. The fourth-order valence-corrected chi connectivity index (χ4v) is 2.95. The minimum absolute atomic E-state index is 0. The van der Waals surface area contributed by atoms with Crippen LogP contribution < -0.4 is 9.13 Å². The Kier molecular flexibility index (Phi) is 11.6. The summed E-state index contributed by atoms with van der Waals surface area (Å²) in [6, 6.07) is 30.7. The van der Waals surface area contributed by atoms with Crippen molar-refractivity contribution >= 4 is 22.9 Å². The van der Waals surface area contributed by atoms with Gasteiger partial charge in [-0.1, -0.05) is 11.2 Å². The third kappa shape index (κ3) is 8.64. The van der Waals surface area contributed by atoms with Crippen LogP contribution in [0.3, 0.4) is 0 Å². The Morgan fingerprint density at radius 2 is 1.12 bits per heavy atom. The second-order valence-electron chi connectivity index (χ2n) is 6.82. The summed E-state index contributed by atoms with van der Waals surface area (Å²) in [6.45, 7) is 1.73. The molecule has 6 nitrogen and oxygen atoms in total. The maximum absolute atomic E-state index is 4.40. The average Bonchev–Trinajstić information content (AvgIpc) is 2.84. The van der Waals surface area contributed by atoms with Gasteiger partial charge in [0.2, 0.25) is 0 Å². The van der Waals surface area contributed by atoms with Gasteiger partial charge in [-0.3, -0.25) is 0 Å². The van der Waals surface area contributed by atoms with E-state index in [4.69, 9.17) is 0 Å². The van der Waals surface area contributed by atoms with Crippen molar-refractivity contribution in [2.75, 3.05) is 0 Å². The summed E-state index contributed by atoms with van der Waals surface area (Å²) in [5.41, 5.74) is 2.45. The van der Waals surface area contributed by atoms with Crippen LogP contribution in [-0.2, 0) is 55.2 Å². The molecule has 2 aromatic carbocycles. The number of aryl methyl sites for hydroxylation is 2. The van der Waals surface area contributed by atoms with Crippen molar-refractivity contribution in [1.29, 1.82) is 0 Å². The van der Waals surface area contributed by atoms with Crippen LogP contribution in [0.25, 0.3) is 0 Å². The molecule has 2 aromatic heterocycles. The van der Waals surface area contributed by atoms with E-state index in [0.29, 0.717) is 0 Å². The van der Waals surface area contributed by atoms with E-state index in [1.807, 2.05) is 97.5 Å². The molecule has 0 saturated carbocycles. The smallest absolute Gasteiger partial charge is 0.229 e. The third-order valence-electron chi connectivity index (χ3n) is 4.56. The number of azo groups is 2. The average molecular weight is 774 g/mol. The molecule has 0 radical (unpaired) electrons. The molecular weight excluding hydrogens is 752 g/mol. The van der Waals surface area contributed by atoms with Gasteiger partial charge >= 0.3 is 5.82 Å². The first-order valence-electron chi connectivity index (χ1n) is 10.1. The predicted molar refractivity (Wildman–Crippen MR) is 117 cm³/mol. The third-order valence-corrected chi connectivity index (χ3v) is 4.56. The van der Waals surface area contributed by atoms with Gasteiger partial charge in [-0.25, -0.2) is 9.13 Å². The largest absolute Gasteiger partial charge is 0.350 e. The first-order valence-corrected chi connectivity index (χ1v) is 10.1. The van der Waals surface area contributed by atoms with Crippen LogP contribution in [0, 0.1) is 12.1 Å². The second kappa shape index (κ2) is 14.5. The summed E-state index contributed by atoms with van der Waals surface area (Å²) in [6.07, 6.45) is 7.04. The van der Waals surface area contributed by atoms with E-state index in [2.05, 4.69) is 41.7 Å². The monoisotopic (exact) mass is 774 g/mol. The maximum Gasteiger partial charge on any atom is 0.350 e. The van der Waals surface area contributed by atoms with E-state index in [-0.39, 0.29) is 42.1 Å². The SMILES string of the molecule is [W].[W].[c-]1ccc(N=Nc2cc[n+](CCC[n+]3ccccc3N=Nc3cc[c-]cc3)cc2)cc1. The molecule has 0 spiro atoms. The summed E-state index contributed by atoms with van der Waals surface area (Å²) < 4.78 is 4.25. The molecule has 8 heteroatoms. The Hall–Kier alpha value is -2.68. The zero-order valence-corrected chi connectivity index (χ0v) is 23.7. The van der Waals surface area contributed by atoms with Gasteiger partial charge in [0.25, 0.3) is 0 Å². The van der Waals surface area contributed by atoms with Crippen LogP contribution >= 0.6 is 0 Å². The van der Waals surface area contributed by atoms with Gasteiger partial charge in [0.15, 0.2) is 18.9 Å². The van der Waals surface area contributed by atoms with Gasteiger partial charge in [0.1, 0.15) is 0 Å². The van der Waals surface area contributed by atoms with Crippen molar-refractivity contribution in [1.82, 2.24) is 0 Å². The molecular formula is C25H22N6W2. The number of pyridine rings is 2. The molecule has 2 heterocycles. The summed E-state index contributed by atoms with van der Waals surface area (Å²) in [4.78, 5) is 0. The minimum Gasteiger partial charge on any atom is -0.229 e. The maximum atomic E-state index is 4.40. The molecule has 0 aliphatic heterocycles. The molecule has 4 aromatic rings. The Morgan fingerprint density at radius 1 is 0.576 bits per heavy atom. The predicted octanol–water partition coefficient (Wildman–Crippen LogP) is 5.78. The van der Waals surface area contributed by atoms with E-state index in [1.54, 1.807) is 0 Å². The molecule has 33 heavy (non-hydrogen) atoms. The summed E-state index contributed by atoms with van der Waals surface area (Å²) in [7, 11) is 0. The van der Waals surface area contributed by atoms with E-state index in [1.165, 1.54) is 0 Å². The summed E-state index contributed by atoms with van der Waals surface area (Å²) in [5.74, 6) is 0.828. The Morgan fingerprint density at radius 3 is 1.73 bits per heavy atom. The zero-order chi connectivity index (χ0) is 21.1. The van der Waals surface area contributed by atoms with Crippen LogP contribution in [-0.4, -0.2) is 0 Å². The fourth-order valence-electron chi connectivity index (χ4n) is 2.95. The van der Waals surface area contributed by atoms with Crippen LogP contribution in [0.5, 0.6) is 0 Å². The Labute approximate surface area is 222 Å². The molecule has 0 bridgehead atoms. The van der Waals surface area contributed by atoms with Gasteiger partial charge < -0.3 is 0 Å². The van der Waals surface area contributed by atoms with Crippen molar-refractivity contribution in [3.63, 3.8) is 0 Å². The van der Waals surface area contributed by atoms with Gasteiger partial charge in [0.05, 0.1) is 23.5 Å². The summed E-state index contributed by atoms with van der Waals surface area (Å²) in [5, 5.41) is 17.2. The zero-order valence-electron chi connectivity index (χ0n) is 17.9. The fraction of sp³-hybridized carbons (Fsp3) is 0.120. The van der Waals surface area contributed by atoms with Crippen LogP contribution in [0.1, 0.15) is 6.42 Å². The molecule has 164 valence electrons. The van der Waals surface area contributed by atoms with Crippen LogP contribution in [0.2, 0.25) is 0 Å². The number of aromatic nitrogens is 2. The van der Waals surface area contributed by atoms with Crippen molar-refractivity contribution < 1.29 is 51.3 Å². The number of hydrogen-bond donors (Lipinski definition) is 0. The first kappa shape index (κ1) is 26.6. The Bertz CT molecular complexity index is 1150. The number of rotatable bonds is 8. The topological polar surface area (TPSA) is 57.2 Å². The molecule has 0 fully saturated rings. The standard InChI is InChI=1S/C25H22N6.2W/c1-3-10-22(11-4-1)26-27-24-15-20-30(21-16-24)17-9-19-31-18-8-7-14-25(31)29-28-23-12-5-2-6-13-23;;/h3-8,10-16,18,20-21H,9,17,19H2;;. The molecule has 4 rings (SSSR count). The number of nitrogens with zero attached hydrogens (tertiary/aromatic N) is 6. The molecule has 0 unspecified atom stereocenters. The van der Waals surface area contributed by atoms with Gasteiger partial charge in [-0.05, 0) is 11.8 Å². The quantitative estimate of drug-likeness (QED) is 0.124. The first-order chi connectivity index (χ1) is 15.4. The van der Waals surface area contributed by atoms with E-state index >= 15 is 0 Å². The number of benzene rings is 2. The molecule has 0 saturated heterocycles. The van der Waals surface area contributed by atoms with Crippen molar-refractivity contribution in [3.8, 4) is 0 Å². The van der Waals surface area contributed by atoms with Gasteiger partial charge in [-0.15, -0.1) is 24.3 Å². The summed E-state index contributed by atoms with van der Waals surface area (Å²) >= 11 is 0. The van der Waals surface area contributed by atoms with Gasteiger partial charge in [0, 0.05) is 72.4 Å². The molecule has 0 aliphatic rings. The van der Waals surface area contributed by atoms with Crippen molar-refractivity contribution in [3.05, 3.63) is 110 Å². The molecule has 0 aliphatic carbocycles. The number of hydrogen-bond acceptors (Lipinski definition) is 4. The van der Waals surface area contributed by atoms with E-state index in [0.717, 1.165) is 42.4 Å². The van der Waals surface area contributed by atoms with Crippen LogP contribution in [0.4, 0.5) is 22.9 Å². The van der Waals surface area contributed by atoms with E-state index < -0.39 is 0 Å². The Balaban J connectivity index is 0.00000193. The van der Waals surface area contributed by atoms with Crippen molar-refractivity contribution in [2.45, 2.75) is 19.5 Å². The van der Waals surface area contributed by atoms with Crippen molar-refractivity contribution in [2.24, 2.45) is 20.5 Å². The molecule has 0 amide bonds. The second-order valence-corrected chi connectivity index (χ2v) is 6.82. The van der Waals surface area contributed by atoms with E-state index in [9.17, 15) is 0 Å². The normalized spacial score (nSPS) is 10.7. The minimum atomic E-state index is 0. The molecule has 0 N–H and O–H groups in total. The van der Waals surface area contributed by atoms with Crippen LogP contribution in [0.15, 0.2) is 118 Å².